The Balaban J connectivity index is 2.08. The number of rotatable bonds is 7. The van der Waals surface area contributed by atoms with Crippen LogP contribution in [0.4, 0.5) is 5.69 Å². The van der Waals surface area contributed by atoms with Crippen molar-refractivity contribution in [1.82, 2.24) is 10.2 Å². The third-order valence-electron chi connectivity index (χ3n) is 3.19. The second kappa shape index (κ2) is 7.39. The van der Waals surface area contributed by atoms with Crippen LogP contribution in [0.5, 0.6) is 5.75 Å². The van der Waals surface area contributed by atoms with E-state index in [0.717, 1.165) is 18.5 Å². The highest BCUT2D eigenvalue weighted by atomic mass is 16.6. The molecule has 1 aromatic heterocycles. The zero-order chi connectivity index (χ0) is 16.8. The Morgan fingerprint density at radius 1 is 1.39 bits per heavy atom. The molecule has 8 heteroatoms. The minimum absolute atomic E-state index is 0.0955. The van der Waals surface area contributed by atoms with Crippen LogP contribution < -0.4 is 4.74 Å². The van der Waals surface area contributed by atoms with Crippen LogP contribution in [0.15, 0.2) is 24.3 Å². The van der Waals surface area contributed by atoms with Gasteiger partial charge in [-0.2, -0.15) is 5.10 Å². The first-order chi connectivity index (χ1) is 11.0. The molecule has 0 aliphatic carbocycles. The van der Waals surface area contributed by atoms with Crippen molar-refractivity contribution >= 4 is 11.7 Å². The molecule has 0 atom stereocenters. The number of H-pyrrole nitrogens is 1. The van der Waals surface area contributed by atoms with Crippen LogP contribution in [-0.2, 0) is 17.8 Å². The Bertz CT molecular complexity index is 711. The zero-order valence-electron chi connectivity index (χ0n) is 12.9. The monoisotopic (exact) mass is 319 g/mol. The van der Waals surface area contributed by atoms with E-state index in [0.29, 0.717) is 11.3 Å². The molecule has 122 valence electrons. The third kappa shape index (κ3) is 4.06. The van der Waals surface area contributed by atoms with E-state index in [1.807, 2.05) is 6.92 Å². The van der Waals surface area contributed by atoms with Gasteiger partial charge in [-0.1, -0.05) is 13.3 Å². The number of hydrogen-bond donors (Lipinski definition) is 1. The summed E-state index contributed by atoms with van der Waals surface area (Å²) in [5.41, 5.74) is 1.35. The van der Waals surface area contributed by atoms with Crippen LogP contribution in [0.1, 0.15) is 35.1 Å². The van der Waals surface area contributed by atoms with Gasteiger partial charge in [-0.15, -0.1) is 0 Å². The van der Waals surface area contributed by atoms with Gasteiger partial charge >= 0.3 is 5.97 Å². The number of non-ortho nitro benzene ring substituents is 1. The maximum absolute atomic E-state index is 12.0. The quantitative estimate of drug-likeness (QED) is 0.477. The standard InChI is InChI=1S/C15H17N3O5/c1-3-4-11-8-13(17-16-11)15(19)23-9-10-7-12(18(20)21)5-6-14(10)22-2/h5-8H,3-4,9H2,1-2H3,(H,16,17). The normalized spacial score (nSPS) is 10.3. The number of aromatic nitrogens is 2. The van der Waals surface area contributed by atoms with E-state index in [4.69, 9.17) is 9.47 Å². The van der Waals surface area contributed by atoms with Gasteiger partial charge in [-0.3, -0.25) is 15.2 Å². The Hall–Kier alpha value is -2.90. The number of nitrogens with zero attached hydrogens (tertiary/aromatic N) is 2. The maximum Gasteiger partial charge on any atom is 0.359 e. The summed E-state index contributed by atoms with van der Waals surface area (Å²) in [6, 6.07) is 5.75. The topological polar surface area (TPSA) is 107 Å². The van der Waals surface area contributed by atoms with Crippen molar-refractivity contribution in [2.45, 2.75) is 26.4 Å². The number of aryl methyl sites for hydroxylation is 1. The minimum Gasteiger partial charge on any atom is -0.496 e. The predicted octanol–water partition coefficient (Wildman–Crippen LogP) is 2.64. The average molecular weight is 319 g/mol. The van der Waals surface area contributed by atoms with Gasteiger partial charge in [0.05, 0.1) is 12.0 Å². The summed E-state index contributed by atoms with van der Waals surface area (Å²) in [6.07, 6.45) is 1.72. The fourth-order valence-electron chi connectivity index (χ4n) is 2.07. The third-order valence-corrected chi connectivity index (χ3v) is 3.19. The molecule has 0 spiro atoms. The lowest BCUT2D eigenvalue weighted by molar-refractivity contribution is -0.385. The lowest BCUT2D eigenvalue weighted by Crippen LogP contribution is -2.07. The van der Waals surface area contributed by atoms with Crippen LogP contribution >= 0.6 is 0 Å². The molecule has 2 aromatic rings. The number of carbonyl (C=O) groups is 1. The molecule has 0 saturated carbocycles. The molecule has 1 N–H and O–H groups in total. The van der Waals surface area contributed by atoms with Gasteiger partial charge in [0.25, 0.3) is 5.69 Å². The smallest absolute Gasteiger partial charge is 0.359 e. The lowest BCUT2D eigenvalue weighted by atomic mass is 10.2. The number of benzene rings is 1. The molecular formula is C15H17N3O5. The first-order valence-corrected chi connectivity index (χ1v) is 7.07. The van der Waals surface area contributed by atoms with Crippen LogP contribution in [0.2, 0.25) is 0 Å². The first-order valence-electron chi connectivity index (χ1n) is 7.07. The van der Waals surface area contributed by atoms with E-state index >= 15 is 0 Å². The number of nitro groups is 1. The molecule has 1 heterocycles. The summed E-state index contributed by atoms with van der Waals surface area (Å²) in [7, 11) is 1.44. The van der Waals surface area contributed by atoms with Gasteiger partial charge < -0.3 is 9.47 Å². The van der Waals surface area contributed by atoms with Crippen LogP contribution in [0.3, 0.4) is 0 Å². The summed E-state index contributed by atoms with van der Waals surface area (Å²) in [4.78, 5) is 22.3. The molecule has 0 saturated heterocycles. The molecule has 8 nitrogen and oxygen atoms in total. The van der Waals surface area contributed by atoms with Gasteiger partial charge in [0.15, 0.2) is 5.69 Å². The van der Waals surface area contributed by atoms with Crippen molar-refractivity contribution in [3.63, 3.8) is 0 Å². The molecule has 0 radical (unpaired) electrons. The van der Waals surface area contributed by atoms with Crippen LogP contribution in [0.25, 0.3) is 0 Å². The van der Waals surface area contributed by atoms with Gasteiger partial charge in [0.2, 0.25) is 0 Å². The van der Waals surface area contributed by atoms with Crippen molar-refractivity contribution in [3.05, 3.63) is 51.3 Å². The summed E-state index contributed by atoms with van der Waals surface area (Å²) in [5, 5.41) is 17.5. The summed E-state index contributed by atoms with van der Waals surface area (Å²) >= 11 is 0. The van der Waals surface area contributed by atoms with E-state index in [-0.39, 0.29) is 18.0 Å². The molecule has 23 heavy (non-hydrogen) atoms. The molecule has 2 rings (SSSR count). The van der Waals surface area contributed by atoms with E-state index in [1.165, 1.54) is 25.3 Å². The Labute approximate surface area is 132 Å². The summed E-state index contributed by atoms with van der Waals surface area (Å²) in [6.45, 7) is 1.88. The Morgan fingerprint density at radius 3 is 2.83 bits per heavy atom. The fraction of sp³-hybridized carbons (Fsp3) is 0.333. The Morgan fingerprint density at radius 2 is 2.17 bits per heavy atom. The number of hydrogen-bond acceptors (Lipinski definition) is 6. The number of aromatic amines is 1. The van der Waals surface area contributed by atoms with Crippen molar-refractivity contribution < 1.29 is 19.2 Å². The van der Waals surface area contributed by atoms with E-state index in [9.17, 15) is 14.9 Å². The molecular weight excluding hydrogens is 302 g/mol. The highest BCUT2D eigenvalue weighted by molar-refractivity contribution is 5.87. The second-order valence-corrected chi connectivity index (χ2v) is 4.86. The number of carbonyl (C=O) groups excluding carboxylic acids is 1. The molecule has 0 aliphatic rings. The summed E-state index contributed by atoms with van der Waals surface area (Å²) in [5.74, 6) is -0.186. The number of ether oxygens (including phenoxy) is 2. The Kier molecular flexibility index (Phi) is 5.29. The van der Waals surface area contributed by atoms with Crippen molar-refractivity contribution in [3.8, 4) is 5.75 Å². The SMILES string of the molecule is CCCc1cc(C(=O)OCc2cc([N+](=O)[O-])ccc2OC)n[nH]1. The largest absolute Gasteiger partial charge is 0.496 e. The molecule has 0 amide bonds. The van der Waals surface area contributed by atoms with E-state index < -0.39 is 10.9 Å². The van der Waals surface area contributed by atoms with Gasteiger partial charge in [0, 0.05) is 23.4 Å². The maximum atomic E-state index is 12.0. The van der Waals surface area contributed by atoms with Crippen molar-refractivity contribution in [2.75, 3.05) is 7.11 Å². The number of esters is 1. The highest BCUT2D eigenvalue weighted by Gasteiger charge is 2.16. The van der Waals surface area contributed by atoms with Crippen molar-refractivity contribution in [2.24, 2.45) is 0 Å². The molecule has 0 bridgehead atoms. The number of methoxy groups -OCH3 is 1. The highest BCUT2D eigenvalue weighted by Crippen LogP contribution is 2.24. The van der Waals surface area contributed by atoms with E-state index in [2.05, 4.69) is 10.2 Å². The second-order valence-electron chi connectivity index (χ2n) is 4.86. The first kappa shape index (κ1) is 16.5. The predicted molar refractivity (Wildman–Crippen MR) is 81.4 cm³/mol. The average Bonchev–Trinajstić information content (AvgIpc) is 3.01. The van der Waals surface area contributed by atoms with E-state index in [1.54, 1.807) is 6.07 Å². The minimum atomic E-state index is -0.600. The molecule has 1 aromatic carbocycles. The summed E-state index contributed by atoms with van der Waals surface area (Å²) < 4.78 is 10.3. The lowest BCUT2D eigenvalue weighted by Gasteiger charge is -2.08. The fourth-order valence-corrected chi connectivity index (χ4v) is 2.07. The zero-order valence-corrected chi connectivity index (χ0v) is 12.9. The number of nitrogens with one attached hydrogen (secondary N) is 1. The van der Waals surface area contributed by atoms with Gasteiger partial charge in [0.1, 0.15) is 12.4 Å². The van der Waals surface area contributed by atoms with Crippen molar-refractivity contribution in [1.29, 1.82) is 0 Å². The molecule has 0 aliphatic heterocycles. The van der Waals surface area contributed by atoms with Gasteiger partial charge in [-0.25, -0.2) is 4.79 Å². The number of nitro benzene ring substituents is 1. The molecule has 0 fully saturated rings. The van der Waals surface area contributed by atoms with Crippen LogP contribution in [-0.4, -0.2) is 28.2 Å². The molecule has 0 unspecified atom stereocenters. The van der Waals surface area contributed by atoms with Crippen LogP contribution in [0, 0.1) is 10.1 Å². The van der Waals surface area contributed by atoms with Gasteiger partial charge in [-0.05, 0) is 18.6 Å².